The van der Waals surface area contributed by atoms with E-state index in [1.807, 2.05) is 12.1 Å². The fourth-order valence-electron chi connectivity index (χ4n) is 5.37. The third-order valence-corrected chi connectivity index (χ3v) is 7.44. The fraction of sp³-hybridized carbons (Fsp3) is 0.280. The van der Waals surface area contributed by atoms with Crippen molar-refractivity contribution in [2.45, 2.75) is 18.9 Å². The molecule has 1 aromatic carbocycles. The number of aromatic nitrogens is 5. The van der Waals surface area contributed by atoms with Crippen LogP contribution >= 0.6 is 0 Å². The second kappa shape index (κ2) is 7.22. The number of H-pyrrole nitrogens is 1. The molecular formula is C25H23FN8O. The van der Waals surface area contributed by atoms with Crippen molar-refractivity contribution in [2.75, 3.05) is 30.4 Å². The molecule has 35 heavy (non-hydrogen) atoms. The summed E-state index contributed by atoms with van der Waals surface area (Å²) in [5, 5.41) is 4.55. The quantitative estimate of drug-likeness (QED) is 0.361. The van der Waals surface area contributed by atoms with Gasteiger partial charge in [-0.05, 0) is 37.1 Å². The Kier molecular flexibility index (Phi) is 4.20. The summed E-state index contributed by atoms with van der Waals surface area (Å²) in [6.45, 7) is 1.62. The first-order valence-electron chi connectivity index (χ1n) is 11.6. The summed E-state index contributed by atoms with van der Waals surface area (Å²) in [4.78, 5) is 23.7. The number of hydrogen-bond acceptors (Lipinski definition) is 8. The van der Waals surface area contributed by atoms with E-state index in [4.69, 9.17) is 15.5 Å². The standard InChI is InChI=1S/C25H23FN8O/c1-28-18-8-13(26)7-15-20-22(31-21(15)18)32-24(33-23(20)34-11-25(12-34)5-4-19(25)27)35-14-9-17-16(30-10-14)3-2-6-29-17/h2-3,6-10,19,28H,4-5,11-12,27H2,1H3,(H,31,32,33)/t19-/m0/s1. The summed E-state index contributed by atoms with van der Waals surface area (Å²) in [7, 11) is 1.76. The van der Waals surface area contributed by atoms with Gasteiger partial charge in [0, 0.05) is 49.2 Å². The van der Waals surface area contributed by atoms with Gasteiger partial charge in [-0.3, -0.25) is 9.97 Å². The van der Waals surface area contributed by atoms with Crippen molar-refractivity contribution in [3.8, 4) is 11.8 Å². The molecular weight excluding hydrogens is 447 g/mol. The Bertz CT molecular complexity index is 1630. The molecule has 5 aromatic rings. The topological polar surface area (TPSA) is 118 Å². The second-order valence-corrected chi connectivity index (χ2v) is 9.48. The van der Waals surface area contributed by atoms with E-state index in [2.05, 4.69) is 30.2 Å². The van der Waals surface area contributed by atoms with Crippen molar-refractivity contribution in [3.63, 3.8) is 0 Å². The van der Waals surface area contributed by atoms with Crippen molar-refractivity contribution in [1.29, 1.82) is 0 Å². The number of halogens is 1. The number of hydrogen-bond donors (Lipinski definition) is 3. The minimum Gasteiger partial charge on any atom is -0.422 e. The lowest BCUT2D eigenvalue weighted by Gasteiger charge is -2.60. The Morgan fingerprint density at radius 1 is 1.20 bits per heavy atom. The number of ether oxygens (including phenoxy) is 1. The number of rotatable bonds is 4. The van der Waals surface area contributed by atoms with Crippen LogP contribution in [0.4, 0.5) is 15.9 Å². The Balaban J connectivity index is 1.37. The van der Waals surface area contributed by atoms with Gasteiger partial charge in [-0.15, -0.1) is 0 Å². The van der Waals surface area contributed by atoms with Crippen LogP contribution in [-0.4, -0.2) is 51.1 Å². The van der Waals surface area contributed by atoms with Gasteiger partial charge in [-0.2, -0.15) is 9.97 Å². The zero-order valence-corrected chi connectivity index (χ0v) is 19.0. The van der Waals surface area contributed by atoms with E-state index in [0.717, 1.165) is 53.3 Å². The van der Waals surface area contributed by atoms with Crippen LogP contribution in [-0.2, 0) is 0 Å². The van der Waals surface area contributed by atoms with E-state index >= 15 is 0 Å². The molecule has 1 spiro atoms. The maximum absolute atomic E-state index is 14.5. The van der Waals surface area contributed by atoms with Gasteiger partial charge >= 0.3 is 6.01 Å². The molecule has 10 heteroatoms. The fourth-order valence-corrected chi connectivity index (χ4v) is 5.37. The number of benzene rings is 1. The zero-order valence-electron chi connectivity index (χ0n) is 19.0. The summed E-state index contributed by atoms with van der Waals surface area (Å²) in [5.41, 5.74) is 9.94. The zero-order chi connectivity index (χ0) is 23.7. The normalized spacial score (nSPS) is 18.7. The van der Waals surface area contributed by atoms with Crippen molar-refractivity contribution in [3.05, 3.63) is 48.5 Å². The van der Waals surface area contributed by atoms with Crippen molar-refractivity contribution in [2.24, 2.45) is 11.1 Å². The minimum atomic E-state index is -0.329. The molecule has 0 amide bonds. The highest BCUT2D eigenvalue weighted by molar-refractivity contribution is 6.14. The van der Waals surface area contributed by atoms with Crippen molar-refractivity contribution < 1.29 is 9.13 Å². The Morgan fingerprint density at radius 2 is 2.09 bits per heavy atom. The summed E-state index contributed by atoms with van der Waals surface area (Å²) in [5.74, 6) is 0.867. The largest absolute Gasteiger partial charge is 0.422 e. The van der Waals surface area contributed by atoms with Crippen molar-refractivity contribution in [1.82, 2.24) is 24.9 Å². The van der Waals surface area contributed by atoms with Gasteiger partial charge in [0.25, 0.3) is 0 Å². The molecule has 5 heterocycles. The molecule has 0 bridgehead atoms. The lowest BCUT2D eigenvalue weighted by molar-refractivity contribution is 0.0559. The summed E-state index contributed by atoms with van der Waals surface area (Å²) in [6.07, 6.45) is 5.50. The number of nitrogens with two attached hydrogens (primary N) is 1. The Morgan fingerprint density at radius 3 is 2.86 bits per heavy atom. The van der Waals surface area contributed by atoms with Crippen LogP contribution in [0, 0.1) is 11.2 Å². The molecule has 9 nitrogen and oxygen atoms in total. The highest BCUT2D eigenvalue weighted by Gasteiger charge is 2.53. The number of aromatic amines is 1. The molecule has 1 saturated heterocycles. The maximum Gasteiger partial charge on any atom is 0.326 e. The van der Waals surface area contributed by atoms with Gasteiger partial charge in [0.15, 0.2) is 5.75 Å². The molecule has 2 aliphatic rings. The number of pyridine rings is 2. The molecule has 4 aromatic heterocycles. The predicted molar refractivity (Wildman–Crippen MR) is 132 cm³/mol. The van der Waals surface area contributed by atoms with E-state index in [9.17, 15) is 4.39 Å². The SMILES string of the molecule is CNc1cc(F)cc2c1[nH]c1nc(Oc3cnc4cccnc4c3)nc(N3CC4(CC[C@@H]4N)C3)c12. The average molecular weight is 471 g/mol. The summed E-state index contributed by atoms with van der Waals surface area (Å²) in [6, 6.07) is 8.90. The molecule has 1 aliphatic heterocycles. The summed E-state index contributed by atoms with van der Waals surface area (Å²) < 4.78 is 20.5. The molecule has 2 fully saturated rings. The van der Waals surface area contributed by atoms with Crippen LogP contribution < -0.4 is 20.7 Å². The van der Waals surface area contributed by atoms with Crippen molar-refractivity contribution >= 4 is 44.5 Å². The van der Waals surface area contributed by atoms with E-state index in [-0.39, 0.29) is 23.3 Å². The Hall–Kier alpha value is -4.05. The average Bonchev–Trinajstić information content (AvgIpc) is 3.20. The second-order valence-electron chi connectivity index (χ2n) is 9.48. The number of fused-ring (bicyclic) bond motifs is 4. The van der Waals surface area contributed by atoms with Gasteiger partial charge in [-0.25, -0.2) is 4.39 Å². The molecule has 7 rings (SSSR count). The van der Waals surface area contributed by atoms with Crippen LogP contribution in [0.5, 0.6) is 11.8 Å². The van der Waals surface area contributed by atoms with Crippen LogP contribution in [0.25, 0.3) is 33.0 Å². The van der Waals surface area contributed by atoms with Crippen LogP contribution in [0.2, 0.25) is 0 Å². The first-order chi connectivity index (χ1) is 17.0. The van der Waals surface area contributed by atoms with E-state index in [0.29, 0.717) is 22.9 Å². The molecule has 176 valence electrons. The van der Waals surface area contributed by atoms with E-state index < -0.39 is 0 Å². The number of nitrogens with zero attached hydrogens (tertiary/aromatic N) is 5. The maximum atomic E-state index is 14.5. The van der Waals surface area contributed by atoms with Gasteiger partial charge in [0.1, 0.15) is 17.3 Å². The smallest absolute Gasteiger partial charge is 0.326 e. The molecule has 0 radical (unpaired) electrons. The van der Waals surface area contributed by atoms with E-state index in [1.165, 1.54) is 12.1 Å². The first-order valence-corrected chi connectivity index (χ1v) is 11.6. The monoisotopic (exact) mass is 470 g/mol. The third-order valence-electron chi connectivity index (χ3n) is 7.44. The van der Waals surface area contributed by atoms with Gasteiger partial charge < -0.3 is 25.7 Å². The highest BCUT2D eigenvalue weighted by Crippen LogP contribution is 2.50. The lowest BCUT2D eigenvalue weighted by atomic mass is 9.60. The molecule has 1 saturated carbocycles. The minimum absolute atomic E-state index is 0.139. The highest BCUT2D eigenvalue weighted by atomic mass is 19.1. The van der Waals surface area contributed by atoms with E-state index in [1.54, 1.807) is 25.5 Å². The predicted octanol–water partition coefficient (Wildman–Crippen LogP) is 3.95. The summed E-state index contributed by atoms with van der Waals surface area (Å²) >= 11 is 0. The van der Waals surface area contributed by atoms with Crippen LogP contribution in [0.15, 0.2) is 42.7 Å². The van der Waals surface area contributed by atoms with Crippen LogP contribution in [0.3, 0.4) is 0 Å². The van der Waals surface area contributed by atoms with Gasteiger partial charge in [0.05, 0.1) is 33.8 Å². The lowest BCUT2D eigenvalue weighted by Crippen LogP contribution is -2.69. The van der Waals surface area contributed by atoms with Gasteiger partial charge in [0.2, 0.25) is 0 Å². The molecule has 1 atom stereocenters. The van der Waals surface area contributed by atoms with Gasteiger partial charge in [-0.1, -0.05) is 0 Å². The number of anilines is 2. The molecule has 1 aliphatic carbocycles. The first kappa shape index (κ1) is 20.3. The molecule has 0 unspecified atom stereocenters. The number of nitrogens with one attached hydrogen (secondary N) is 2. The molecule has 4 N–H and O–H groups in total. The Labute approximate surface area is 199 Å². The van der Waals surface area contributed by atoms with Crippen LogP contribution in [0.1, 0.15) is 12.8 Å². The third kappa shape index (κ3) is 3.02.